The predicted molar refractivity (Wildman–Crippen MR) is 139 cm³/mol. The van der Waals surface area contributed by atoms with Gasteiger partial charge < -0.3 is 10.2 Å². The minimum Gasteiger partial charge on any atom is -0.386 e. The Kier molecular flexibility index (Phi) is 7.89. The van der Waals surface area contributed by atoms with Crippen molar-refractivity contribution >= 4 is 23.2 Å². The fourth-order valence-corrected chi connectivity index (χ4v) is 5.68. The van der Waals surface area contributed by atoms with Gasteiger partial charge in [-0.2, -0.15) is 0 Å². The number of allylic oxidation sites excluding steroid dienone is 3. The molecule has 2 bridgehead atoms. The lowest BCUT2D eigenvalue weighted by atomic mass is 9.83. The van der Waals surface area contributed by atoms with E-state index < -0.39 is 0 Å². The van der Waals surface area contributed by atoms with Crippen LogP contribution in [0.5, 0.6) is 0 Å². The molecule has 1 aromatic carbocycles. The van der Waals surface area contributed by atoms with Crippen molar-refractivity contribution in [2.75, 3.05) is 51.3 Å². The van der Waals surface area contributed by atoms with Gasteiger partial charge in [-0.25, -0.2) is 8.70 Å². The molecular formula is C27H35FN4S. The molecule has 1 aliphatic heterocycles. The van der Waals surface area contributed by atoms with Gasteiger partial charge in [0, 0.05) is 46.0 Å². The van der Waals surface area contributed by atoms with Gasteiger partial charge in [-0.1, -0.05) is 36.7 Å². The maximum atomic E-state index is 13.4. The average Bonchev–Trinajstić information content (AvgIpc) is 2.83. The molecule has 0 amide bonds. The number of rotatable bonds is 7. The normalized spacial score (nSPS) is 22.0. The Balaban J connectivity index is 1.67. The molecule has 2 aliphatic rings. The molecule has 1 N–H and O–H groups in total. The fourth-order valence-electron chi connectivity index (χ4n) is 5.15. The number of nitrogens with one attached hydrogen (secondary N) is 1. The molecule has 1 unspecified atom stereocenters. The van der Waals surface area contributed by atoms with Crippen LogP contribution in [0.2, 0.25) is 0 Å². The zero-order valence-electron chi connectivity index (χ0n) is 20.0. The molecule has 6 heteroatoms. The molecule has 1 fully saturated rings. The van der Waals surface area contributed by atoms with Crippen LogP contribution in [0.15, 0.2) is 48.7 Å². The highest BCUT2D eigenvalue weighted by Gasteiger charge is 2.27. The van der Waals surface area contributed by atoms with E-state index in [1.54, 1.807) is 12.1 Å². The first kappa shape index (κ1) is 24.0. The van der Waals surface area contributed by atoms with Gasteiger partial charge in [0.15, 0.2) is 0 Å². The Morgan fingerprint density at radius 3 is 2.55 bits per heavy atom. The van der Waals surface area contributed by atoms with Crippen LogP contribution in [0.3, 0.4) is 0 Å². The van der Waals surface area contributed by atoms with Crippen LogP contribution in [0.4, 0.5) is 10.1 Å². The minimum atomic E-state index is -0.197. The second-order valence-corrected chi connectivity index (χ2v) is 9.96. The second-order valence-electron chi connectivity index (χ2n) is 9.08. The van der Waals surface area contributed by atoms with Crippen LogP contribution in [-0.4, -0.2) is 60.2 Å². The molecule has 1 aliphatic carbocycles. The van der Waals surface area contributed by atoms with Crippen molar-refractivity contribution in [2.45, 2.75) is 26.2 Å². The van der Waals surface area contributed by atoms with Gasteiger partial charge in [0.2, 0.25) is 0 Å². The van der Waals surface area contributed by atoms with Crippen LogP contribution in [0.25, 0.3) is 5.57 Å². The molecule has 0 radical (unpaired) electrons. The van der Waals surface area contributed by atoms with E-state index >= 15 is 0 Å². The summed E-state index contributed by atoms with van der Waals surface area (Å²) in [4.78, 5) is 7.49. The quantitative estimate of drug-likeness (QED) is 0.562. The number of nitrogens with zero attached hydrogens (tertiary/aromatic N) is 3. The number of pyridine rings is 1. The zero-order valence-corrected chi connectivity index (χ0v) is 20.8. The molecule has 2 heterocycles. The molecule has 0 saturated carbocycles. The highest BCUT2D eigenvalue weighted by molar-refractivity contribution is 7.96. The zero-order chi connectivity index (χ0) is 23.4. The van der Waals surface area contributed by atoms with Crippen LogP contribution in [-0.2, 0) is 12.8 Å². The van der Waals surface area contributed by atoms with Crippen molar-refractivity contribution in [1.82, 2.24) is 14.2 Å². The Hall–Kier alpha value is -2.15. The minimum absolute atomic E-state index is 0.197. The highest BCUT2D eigenvalue weighted by atomic mass is 32.2. The second kappa shape index (κ2) is 10.9. The Bertz CT molecular complexity index is 1010. The topological polar surface area (TPSA) is 31.4 Å². The van der Waals surface area contributed by atoms with E-state index in [0.717, 1.165) is 68.9 Å². The third kappa shape index (κ3) is 5.51. The van der Waals surface area contributed by atoms with Gasteiger partial charge in [-0.15, -0.1) is 0 Å². The fraction of sp³-hybridized carbons (Fsp3) is 0.444. The summed E-state index contributed by atoms with van der Waals surface area (Å²) in [6.07, 6.45) is 8.98. The molecule has 1 atom stereocenters. The molecule has 4 nitrogen and oxygen atoms in total. The van der Waals surface area contributed by atoms with E-state index in [1.807, 2.05) is 43.4 Å². The first-order valence-electron chi connectivity index (χ1n) is 11.8. The van der Waals surface area contributed by atoms with E-state index in [9.17, 15) is 4.39 Å². The van der Waals surface area contributed by atoms with Crippen molar-refractivity contribution in [3.63, 3.8) is 0 Å². The van der Waals surface area contributed by atoms with Gasteiger partial charge in [0.1, 0.15) is 5.82 Å². The summed E-state index contributed by atoms with van der Waals surface area (Å²) in [6, 6.07) is 6.83. The summed E-state index contributed by atoms with van der Waals surface area (Å²) < 4.78 is 15.9. The number of aromatic nitrogens is 1. The molecule has 176 valence electrons. The maximum absolute atomic E-state index is 13.4. The third-order valence-electron chi connectivity index (χ3n) is 7.02. The number of hydrogen-bond donors (Lipinski definition) is 1. The van der Waals surface area contributed by atoms with Gasteiger partial charge in [0.05, 0.1) is 11.4 Å². The van der Waals surface area contributed by atoms with E-state index in [4.69, 9.17) is 4.98 Å². The summed E-state index contributed by atoms with van der Waals surface area (Å²) >= 11 is 1.85. The van der Waals surface area contributed by atoms with Crippen molar-refractivity contribution in [3.8, 4) is 0 Å². The number of halogens is 1. The maximum Gasteiger partial charge on any atom is 0.123 e. The van der Waals surface area contributed by atoms with Crippen LogP contribution < -0.4 is 5.32 Å². The molecule has 0 spiro atoms. The molecule has 4 rings (SSSR count). The van der Waals surface area contributed by atoms with Crippen molar-refractivity contribution in [1.29, 1.82) is 0 Å². The number of piperazine rings is 1. The van der Waals surface area contributed by atoms with Crippen molar-refractivity contribution < 1.29 is 4.39 Å². The van der Waals surface area contributed by atoms with Crippen molar-refractivity contribution in [2.24, 2.45) is 5.92 Å². The first-order chi connectivity index (χ1) is 16.0. The number of benzene rings is 1. The number of anilines is 1. The molecule has 33 heavy (non-hydrogen) atoms. The SMILES string of the molecule is C=C/C1=C(\C)c2ncc(Cc3ccc(F)cc3)c(c2NC)CC(CN2CCN(SC)CC2)C1. The smallest absolute Gasteiger partial charge is 0.123 e. The van der Waals surface area contributed by atoms with Crippen LogP contribution in [0, 0.1) is 11.7 Å². The van der Waals surface area contributed by atoms with E-state index in [2.05, 4.69) is 34.3 Å². The number of hydrogen-bond acceptors (Lipinski definition) is 5. The molecular weight excluding hydrogens is 431 g/mol. The van der Waals surface area contributed by atoms with Gasteiger partial charge in [0.25, 0.3) is 0 Å². The summed E-state index contributed by atoms with van der Waals surface area (Å²) in [5.41, 5.74) is 8.34. The molecule has 1 saturated heterocycles. The van der Waals surface area contributed by atoms with Crippen molar-refractivity contribution in [3.05, 3.63) is 76.9 Å². The standard InChI is InChI=1S/C27H35FN4S/c1-5-22-15-21(18-31-10-12-32(33-4)13-11-31)16-25-23(14-20-6-8-24(28)9-7-20)17-30-26(19(22)2)27(25)29-3/h5-9,17,21,29H,1,10-16,18H2,2-4H3/b22-19-. The lowest BCUT2D eigenvalue weighted by Crippen LogP contribution is -2.45. The summed E-state index contributed by atoms with van der Waals surface area (Å²) in [5.74, 6) is 0.306. The summed E-state index contributed by atoms with van der Waals surface area (Å²) in [5, 5.41) is 3.47. The predicted octanol–water partition coefficient (Wildman–Crippen LogP) is 5.27. The van der Waals surface area contributed by atoms with Crippen LogP contribution in [0.1, 0.15) is 35.7 Å². The summed E-state index contributed by atoms with van der Waals surface area (Å²) in [7, 11) is 1.99. The lowest BCUT2D eigenvalue weighted by molar-refractivity contribution is 0.170. The molecule has 1 aromatic heterocycles. The monoisotopic (exact) mass is 466 g/mol. The van der Waals surface area contributed by atoms with Gasteiger partial charge >= 0.3 is 0 Å². The third-order valence-corrected chi connectivity index (χ3v) is 7.91. The first-order valence-corrected chi connectivity index (χ1v) is 13.0. The Labute approximate surface area is 202 Å². The Morgan fingerprint density at radius 1 is 1.18 bits per heavy atom. The Morgan fingerprint density at radius 2 is 1.91 bits per heavy atom. The van der Waals surface area contributed by atoms with E-state index in [-0.39, 0.29) is 5.82 Å². The van der Waals surface area contributed by atoms with Gasteiger partial charge in [-0.05, 0) is 78.3 Å². The van der Waals surface area contributed by atoms with Gasteiger partial charge in [-0.3, -0.25) is 4.98 Å². The van der Waals surface area contributed by atoms with E-state index in [0.29, 0.717) is 5.92 Å². The lowest BCUT2D eigenvalue weighted by Gasteiger charge is -2.36. The molecule has 2 aromatic rings. The average molecular weight is 467 g/mol. The highest BCUT2D eigenvalue weighted by Crippen LogP contribution is 2.37. The van der Waals surface area contributed by atoms with Crippen LogP contribution >= 0.6 is 11.9 Å². The van der Waals surface area contributed by atoms with E-state index in [1.165, 1.54) is 22.3 Å². The summed E-state index contributed by atoms with van der Waals surface area (Å²) in [6.45, 7) is 11.9. The number of fused-ring (bicyclic) bond motifs is 2. The largest absolute Gasteiger partial charge is 0.386 e.